The molecule has 20 heavy (non-hydrogen) atoms. The van der Waals surface area contributed by atoms with Crippen molar-refractivity contribution in [2.45, 2.75) is 23.8 Å². The van der Waals surface area contributed by atoms with Crippen molar-refractivity contribution in [2.24, 2.45) is 0 Å². The minimum absolute atomic E-state index is 0.155. The highest BCUT2D eigenvalue weighted by molar-refractivity contribution is 7.89. The van der Waals surface area contributed by atoms with E-state index < -0.39 is 15.8 Å². The summed E-state index contributed by atoms with van der Waals surface area (Å²) in [6.07, 6.45) is 1.71. The van der Waals surface area contributed by atoms with Crippen molar-refractivity contribution in [2.75, 3.05) is 32.9 Å². The predicted octanol–water partition coefficient (Wildman–Crippen LogP) is 1.12. The first-order chi connectivity index (χ1) is 9.32. The summed E-state index contributed by atoms with van der Waals surface area (Å²) in [6, 6.07) is 3.79. The molecule has 0 spiro atoms. The first-order valence-electron chi connectivity index (χ1n) is 6.54. The van der Waals surface area contributed by atoms with Gasteiger partial charge in [0, 0.05) is 24.8 Å². The Bertz CT molecular complexity index is 589. The van der Waals surface area contributed by atoms with Gasteiger partial charge < -0.3 is 10.6 Å². The number of anilines is 1. The Kier molecular flexibility index (Phi) is 4.31. The lowest BCUT2D eigenvalue weighted by Gasteiger charge is -2.35. The molecule has 1 saturated heterocycles. The number of hydrogen-bond acceptors (Lipinski definition) is 4. The van der Waals surface area contributed by atoms with Gasteiger partial charge in [0.25, 0.3) is 0 Å². The number of nitrogens with two attached hydrogens (primary N) is 1. The van der Waals surface area contributed by atoms with Crippen molar-refractivity contribution in [3.8, 4) is 0 Å². The van der Waals surface area contributed by atoms with E-state index in [1.165, 1.54) is 16.4 Å². The average Bonchev–Trinajstić information content (AvgIpc) is 2.41. The van der Waals surface area contributed by atoms with Crippen LogP contribution in [0.3, 0.4) is 0 Å². The summed E-state index contributed by atoms with van der Waals surface area (Å²) in [5.41, 5.74) is 5.81. The van der Waals surface area contributed by atoms with E-state index in [9.17, 15) is 12.8 Å². The Balaban J connectivity index is 2.32. The lowest BCUT2D eigenvalue weighted by Crippen LogP contribution is -2.47. The molecule has 1 fully saturated rings. The lowest BCUT2D eigenvalue weighted by molar-refractivity contribution is 0.190. The van der Waals surface area contributed by atoms with Crippen LogP contribution in [0.25, 0.3) is 0 Å². The predicted molar refractivity (Wildman–Crippen MR) is 76.3 cm³/mol. The quantitative estimate of drug-likeness (QED) is 0.850. The fourth-order valence-electron chi connectivity index (χ4n) is 2.42. The van der Waals surface area contributed by atoms with Gasteiger partial charge in [-0.05, 0) is 45.1 Å². The van der Waals surface area contributed by atoms with Gasteiger partial charge in [0.1, 0.15) is 10.7 Å². The van der Waals surface area contributed by atoms with Crippen LogP contribution in [0.15, 0.2) is 23.1 Å². The average molecular weight is 301 g/mol. The third kappa shape index (κ3) is 2.94. The number of hydrogen-bond donors (Lipinski definition) is 1. The Morgan fingerprint density at radius 2 is 2.10 bits per heavy atom. The maximum Gasteiger partial charge on any atom is 0.246 e. The molecule has 5 nitrogen and oxygen atoms in total. The summed E-state index contributed by atoms with van der Waals surface area (Å²) < 4.78 is 40.2. The van der Waals surface area contributed by atoms with E-state index in [-0.39, 0.29) is 16.6 Å². The van der Waals surface area contributed by atoms with Gasteiger partial charge in [-0.2, -0.15) is 4.31 Å². The van der Waals surface area contributed by atoms with Gasteiger partial charge >= 0.3 is 0 Å². The van der Waals surface area contributed by atoms with Crippen LogP contribution in [0.2, 0.25) is 0 Å². The van der Waals surface area contributed by atoms with Crippen LogP contribution in [0.5, 0.6) is 0 Å². The van der Waals surface area contributed by atoms with Gasteiger partial charge in [-0.15, -0.1) is 0 Å². The van der Waals surface area contributed by atoms with Crippen LogP contribution in [-0.4, -0.2) is 50.8 Å². The second-order valence-corrected chi connectivity index (χ2v) is 7.22. The zero-order valence-electron chi connectivity index (χ0n) is 11.7. The van der Waals surface area contributed by atoms with Crippen molar-refractivity contribution >= 4 is 15.7 Å². The fourth-order valence-corrected chi connectivity index (χ4v) is 4.03. The van der Waals surface area contributed by atoms with Crippen molar-refractivity contribution in [3.05, 3.63) is 24.0 Å². The molecule has 0 aliphatic carbocycles. The van der Waals surface area contributed by atoms with Crippen molar-refractivity contribution in [1.82, 2.24) is 9.21 Å². The van der Waals surface area contributed by atoms with Gasteiger partial charge in [-0.1, -0.05) is 0 Å². The van der Waals surface area contributed by atoms with E-state index in [1.54, 1.807) is 0 Å². The molecular formula is C13H20FN3O2S. The molecule has 0 radical (unpaired) electrons. The fraction of sp³-hybridized carbons (Fsp3) is 0.538. The Morgan fingerprint density at radius 3 is 2.75 bits per heavy atom. The van der Waals surface area contributed by atoms with Gasteiger partial charge in [-0.3, -0.25) is 0 Å². The molecule has 1 unspecified atom stereocenters. The third-order valence-electron chi connectivity index (χ3n) is 3.66. The molecule has 112 valence electrons. The summed E-state index contributed by atoms with van der Waals surface area (Å²) in [5.74, 6) is -0.758. The van der Waals surface area contributed by atoms with Gasteiger partial charge in [0.05, 0.1) is 0 Å². The monoisotopic (exact) mass is 301 g/mol. The molecule has 1 aliphatic heterocycles. The zero-order chi connectivity index (χ0) is 14.9. The van der Waals surface area contributed by atoms with Gasteiger partial charge in [-0.25, -0.2) is 12.8 Å². The first-order valence-corrected chi connectivity index (χ1v) is 7.98. The highest BCUT2D eigenvalue weighted by atomic mass is 32.2. The largest absolute Gasteiger partial charge is 0.399 e. The van der Waals surface area contributed by atoms with Crippen molar-refractivity contribution < 1.29 is 12.8 Å². The summed E-state index contributed by atoms with van der Waals surface area (Å²) >= 11 is 0. The van der Waals surface area contributed by atoms with Crippen LogP contribution < -0.4 is 5.73 Å². The zero-order valence-corrected chi connectivity index (χ0v) is 12.5. The van der Waals surface area contributed by atoms with E-state index in [0.29, 0.717) is 13.1 Å². The van der Waals surface area contributed by atoms with E-state index in [4.69, 9.17) is 5.73 Å². The number of piperidine rings is 1. The molecule has 1 aromatic carbocycles. The van der Waals surface area contributed by atoms with Gasteiger partial charge in [0.15, 0.2) is 0 Å². The topological polar surface area (TPSA) is 66.6 Å². The van der Waals surface area contributed by atoms with Crippen molar-refractivity contribution in [1.29, 1.82) is 0 Å². The molecule has 1 aliphatic rings. The molecule has 0 aromatic heterocycles. The van der Waals surface area contributed by atoms with Crippen LogP contribution >= 0.6 is 0 Å². The van der Waals surface area contributed by atoms with Gasteiger partial charge in [0.2, 0.25) is 10.0 Å². The van der Waals surface area contributed by atoms with E-state index in [0.717, 1.165) is 18.9 Å². The summed E-state index contributed by atoms with van der Waals surface area (Å²) in [7, 11) is 0.00708. The molecule has 0 amide bonds. The molecule has 2 rings (SSSR count). The van der Waals surface area contributed by atoms with Crippen molar-refractivity contribution in [3.63, 3.8) is 0 Å². The third-order valence-corrected chi connectivity index (χ3v) is 5.54. The minimum atomic E-state index is -3.83. The van der Waals surface area contributed by atoms with E-state index >= 15 is 0 Å². The number of likely N-dealkylation sites (N-methyl/N-ethyl adjacent to an activating group) is 1. The standard InChI is InChI=1S/C13H20FN3O2S/c1-16(2)11-4-3-7-17(9-11)20(18,19)13-8-10(15)5-6-12(13)14/h5-6,8,11H,3-4,7,9,15H2,1-2H3. The maximum atomic E-state index is 13.8. The van der Waals surface area contributed by atoms with Crippen LogP contribution in [-0.2, 0) is 10.0 Å². The summed E-state index contributed by atoms with van der Waals surface area (Å²) in [4.78, 5) is 1.66. The molecule has 0 saturated carbocycles. The number of halogens is 1. The second-order valence-electron chi connectivity index (χ2n) is 5.31. The lowest BCUT2D eigenvalue weighted by atomic mass is 10.1. The Morgan fingerprint density at radius 1 is 1.40 bits per heavy atom. The van der Waals surface area contributed by atoms with E-state index in [2.05, 4.69) is 0 Å². The second kappa shape index (κ2) is 5.67. The molecule has 0 bridgehead atoms. The molecule has 7 heteroatoms. The SMILES string of the molecule is CN(C)C1CCCN(S(=O)(=O)c2cc(N)ccc2F)C1. The molecule has 1 atom stereocenters. The molecule has 1 heterocycles. The Hall–Kier alpha value is -1.18. The normalized spacial score (nSPS) is 21.3. The first kappa shape index (κ1) is 15.2. The van der Waals surface area contributed by atoms with E-state index in [1.807, 2.05) is 19.0 Å². The number of sulfonamides is 1. The maximum absolute atomic E-state index is 13.8. The van der Waals surface area contributed by atoms with Crippen LogP contribution in [0.1, 0.15) is 12.8 Å². The van der Waals surface area contributed by atoms with Crippen LogP contribution in [0, 0.1) is 5.82 Å². The molecule has 1 aromatic rings. The number of rotatable bonds is 3. The number of nitrogens with zero attached hydrogens (tertiary/aromatic N) is 2. The molecular weight excluding hydrogens is 281 g/mol. The highest BCUT2D eigenvalue weighted by Crippen LogP contribution is 2.25. The highest BCUT2D eigenvalue weighted by Gasteiger charge is 2.32. The Labute approximate surface area is 119 Å². The number of nitrogen functional groups attached to an aromatic ring is 1. The van der Waals surface area contributed by atoms with Crippen LogP contribution in [0.4, 0.5) is 10.1 Å². The molecule has 2 N–H and O–H groups in total. The smallest absolute Gasteiger partial charge is 0.246 e. The number of benzene rings is 1. The summed E-state index contributed by atoms with van der Waals surface area (Å²) in [6.45, 7) is 0.796. The summed E-state index contributed by atoms with van der Waals surface area (Å²) in [5, 5.41) is 0. The minimum Gasteiger partial charge on any atom is -0.399 e.